The van der Waals surface area contributed by atoms with Gasteiger partial charge >= 0.3 is 0 Å². The second-order valence-corrected chi connectivity index (χ2v) is 5.91. The smallest absolute Gasteiger partial charge is 0.0645 e. The second kappa shape index (κ2) is 8.20. The third-order valence-electron chi connectivity index (χ3n) is 3.68. The van der Waals surface area contributed by atoms with Gasteiger partial charge < -0.3 is 14.6 Å². The van der Waals surface area contributed by atoms with Crippen molar-refractivity contribution in [3.8, 4) is 0 Å². The number of nitrogens with one attached hydrogen (secondary N) is 1. The van der Waals surface area contributed by atoms with Gasteiger partial charge in [-0.1, -0.05) is 32.0 Å². The SMILES string of the molecule is CCOCCn1cc(CCNCC(C)C)c2ccccc21. The van der Waals surface area contributed by atoms with E-state index in [1.54, 1.807) is 0 Å². The summed E-state index contributed by atoms with van der Waals surface area (Å²) < 4.78 is 7.81. The second-order valence-electron chi connectivity index (χ2n) is 5.91. The lowest BCUT2D eigenvalue weighted by molar-refractivity contribution is 0.140. The zero-order valence-electron chi connectivity index (χ0n) is 13.6. The van der Waals surface area contributed by atoms with Crippen LogP contribution in [0, 0.1) is 5.92 Å². The Labute approximate surface area is 128 Å². The zero-order chi connectivity index (χ0) is 15.1. The zero-order valence-corrected chi connectivity index (χ0v) is 13.6. The van der Waals surface area contributed by atoms with Gasteiger partial charge in [-0.3, -0.25) is 0 Å². The Morgan fingerprint density at radius 3 is 2.81 bits per heavy atom. The largest absolute Gasteiger partial charge is 0.380 e. The molecule has 1 heterocycles. The highest BCUT2D eigenvalue weighted by Gasteiger charge is 2.07. The molecule has 1 aromatic heterocycles. The molecule has 0 unspecified atom stereocenters. The van der Waals surface area contributed by atoms with Crippen molar-refractivity contribution in [3.05, 3.63) is 36.0 Å². The van der Waals surface area contributed by atoms with Crippen LogP contribution in [-0.4, -0.2) is 30.9 Å². The Balaban J connectivity index is 2.04. The van der Waals surface area contributed by atoms with E-state index in [9.17, 15) is 0 Å². The number of rotatable bonds is 9. The van der Waals surface area contributed by atoms with Crippen LogP contribution in [0.25, 0.3) is 10.9 Å². The maximum Gasteiger partial charge on any atom is 0.0645 e. The van der Waals surface area contributed by atoms with Crippen LogP contribution in [-0.2, 0) is 17.7 Å². The van der Waals surface area contributed by atoms with E-state index < -0.39 is 0 Å². The van der Waals surface area contributed by atoms with Crippen LogP contribution < -0.4 is 5.32 Å². The van der Waals surface area contributed by atoms with Crippen molar-refractivity contribution >= 4 is 10.9 Å². The summed E-state index contributed by atoms with van der Waals surface area (Å²) in [6, 6.07) is 8.66. The van der Waals surface area contributed by atoms with Crippen molar-refractivity contribution in [2.24, 2.45) is 5.92 Å². The third kappa shape index (κ3) is 4.58. The van der Waals surface area contributed by atoms with Crippen molar-refractivity contribution in [2.45, 2.75) is 33.7 Å². The molecule has 1 aromatic carbocycles. The Morgan fingerprint density at radius 2 is 2.05 bits per heavy atom. The minimum Gasteiger partial charge on any atom is -0.380 e. The first kappa shape index (κ1) is 16.1. The van der Waals surface area contributed by atoms with Gasteiger partial charge in [0.15, 0.2) is 0 Å². The number of ether oxygens (including phenoxy) is 1. The number of hydrogen-bond donors (Lipinski definition) is 1. The van der Waals surface area contributed by atoms with E-state index in [4.69, 9.17) is 4.74 Å². The molecule has 2 rings (SSSR count). The van der Waals surface area contributed by atoms with Gasteiger partial charge in [-0.25, -0.2) is 0 Å². The van der Waals surface area contributed by atoms with Crippen LogP contribution in [0.1, 0.15) is 26.3 Å². The molecular weight excluding hydrogens is 260 g/mol. The molecule has 0 spiro atoms. The highest BCUT2D eigenvalue weighted by molar-refractivity contribution is 5.84. The average molecular weight is 288 g/mol. The van der Waals surface area contributed by atoms with Gasteiger partial charge in [0.1, 0.15) is 0 Å². The fourth-order valence-electron chi connectivity index (χ4n) is 2.63. The van der Waals surface area contributed by atoms with Crippen molar-refractivity contribution in [1.82, 2.24) is 9.88 Å². The predicted octanol–water partition coefficient (Wildman–Crippen LogP) is 3.47. The lowest BCUT2D eigenvalue weighted by atomic mass is 10.1. The molecule has 21 heavy (non-hydrogen) atoms. The lowest BCUT2D eigenvalue weighted by Crippen LogP contribution is -2.22. The highest BCUT2D eigenvalue weighted by atomic mass is 16.5. The molecule has 2 aromatic rings. The minimum absolute atomic E-state index is 0.706. The molecule has 0 aliphatic heterocycles. The maximum atomic E-state index is 5.49. The number of aromatic nitrogens is 1. The minimum atomic E-state index is 0.706. The summed E-state index contributed by atoms with van der Waals surface area (Å²) in [7, 11) is 0. The van der Waals surface area contributed by atoms with Gasteiger partial charge in [-0.2, -0.15) is 0 Å². The van der Waals surface area contributed by atoms with Crippen molar-refractivity contribution in [1.29, 1.82) is 0 Å². The summed E-state index contributed by atoms with van der Waals surface area (Å²) in [6.45, 7) is 11.1. The highest BCUT2D eigenvalue weighted by Crippen LogP contribution is 2.21. The Hall–Kier alpha value is -1.32. The van der Waals surface area contributed by atoms with Gasteiger partial charge in [0, 0.05) is 30.3 Å². The van der Waals surface area contributed by atoms with Gasteiger partial charge in [0.25, 0.3) is 0 Å². The summed E-state index contributed by atoms with van der Waals surface area (Å²) >= 11 is 0. The summed E-state index contributed by atoms with van der Waals surface area (Å²) in [5.41, 5.74) is 2.74. The summed E-state index contributed by atoms with van der Waals surface area (Å²) in [4.78, 5) is 0. The number of para-hydroxylation sites is 1. The monoisotopic (exact) mass is 288 g/mol. The van der Waals surface area contributed by atoms with Gasteiger partial charge in [-0.05, 0) is 44.0 Å². The molecule has 0 fully saturated rings. The molecule has 116 valence electrons. The van der Waals surface area contributed by atoms with E-state index in [2.05, 4.69) is 54.2 Å². The van der Waals surface area contributed by atoms with Crippen LogP contribution in [0.15, 0.2) is 30.5 Å². The first-order valence-electron chi connectivity index (χ1n) is 8.07. The van der Waals surface area contributed by atoms with E-state index in [0.29, 0.717) is 5.92 Å². The molecule has 0 amide bonds. The molecule has 0 saturated heterocycles. The molecule has 0 radical (unpaired) electrons. The number of hydrogen-bond acceptors (Lipinski definition) is 2. The quantitative estimate of drug-likeness (QED) is 0.715. The third-order valence-corrected chi connectivity index (χ3v) is 3.68. The van der Waals surface area contributed by atoms with Crippen LogP contribution >= 0.6 is 0 Å². The lowest BCUT2D eigenvalue weighted by Gasteiger charge is -2.06. The molecule has 0 bridgehead atoms. The fraction of sp³-hybridized carbons (Fsp3) is 0.556. The van der Waals surface area contributed by atoms with Gasteiger partial charge in [0.2, 0.25) is 0 Å². The van der Waals surface area contributed by atoms with Crippen molar-refractivity contribution in [3.63, 3.8) is 0 Å². The number of nitrogens with zero attached hydrogens (tertiary/aromatic N) is 1. The van der Waals surface area contributed by atoms with Crippen LogP contribution in [0.5, 0.6) is 0 Å². The van der Waals surface area contributed by atoms with E-state index in [1.807, 2.05) is 6.92 Å². The van der Waals surface area contributed by atoms with Crippen LogP contribution in [0.3, 0.4) is 0 Å². The first-order chi connectivity index (χ1) is 10.2. The van der Waals surface area contributed by atoms with Crippen molar-refractivity contribution < 1.29 is 4.74 Å². The van der Waals surface area contributed by atoms with Gasteiger partial charge in [-0.15, -0.1) is 0 Å². The first-order valence-corrected chi connectivity index (χ1v) is 8.07. The van der Waals surface area contributed by atoms with E-state index in [0.717, 1.165) is 39.3 Å². The Kier molecular flexibility index (Phi) is 6.27. The number of benzene rings is 1. The van der Waals surface area contributed by atoms with Gasteiger partial charge in [0.05, 0.1) is 6.61 Å². The fourth-order valence-corrected chi connectivity index (χ4v) is 2.63. The van der Waals surface area contributed by atoms with E-state index >= 15 is 0 Å². The average Bonchev–Trinajstić information content (AvgIpc) is 2.82. The predicted molar refractivity (Wildman–Crippen MR) is 89.8 cm³/mol. The molecule has 0 aliphatic rings. The van der Waals surface area contributed by atoms with Crippen LogP contribution in [0.2, 0.25) is 0 Å². The summed E-state index contributed by atoms with van der Waals surface area (Å²) in [5.74, 6) is 0.706. The van der Waals surface area contributed by atoms with Crippen molar-refractivity contribution in [2.75, 3.05) is 26.3 Å². The maximum absolute atomic E-state index is 5.49. The summed E-state index contributed by atoms with van der Waals surface area (Å²) in [5, 5.41) is 4.90. The molecule has 0 aliphatic carbocycles. The topological polar surface area (TPSA) is 26.2 Å². The van der Waals surface area contributed by atoms with E-state index in [-0.39, 0.29) is 0 Å². The molecule has 1 N–H and O–H groups in total. The number of fused-ring (bicyclic) bond motifs is 1. The molecule has 3 nitrogen and oxygen atoms in total. The van der Waals surface area contributed by atoms with E-state index in [1.165, 1.54) is 16.5 Å². The van der Waals surface area contributed by atoms with Crippen LogP contribution in [0.4, 0.5) is 0 Å². The normalized spacial score (nSPS) is 11.6. The standard InChI is InChI=1S/C18H28N2O/c1-4-21-12-11-20-14-16(9-10-19-13-15(2)3)17-7-5-6-8-18(17)20/h5-8,14-15,19H,4,9-13H2,1-3H3. The Morgan fingerprint density at radius 1 is 1.24 bits per heavy atom. The molecule has 3 heteroatoms. The summed E-state index contributed by atoms with van der Waals surface area (Å²) in [6.07, 6.45) is 3.37. The molecular formula is C18H28N2O. The Bertz CT molecular complexity index is 545. The molecule has 0 saturated carbocycles. The molecule has 0 atom stereocenters.